The van der Waals surface area contributed by atoms with Crippen LogP contribution < -0.4 is 5.32 Å². The van der Waals surface area contributed by atoms with Crippen LogP contribution in [0.15, 0.2) is 0 Å². The Kier molecular flexibility index (Phi) is 4.80. The zero-order valence-corrected chi connectivity index (χ0v) is 7.87. The summed E-state index contributed by atoms with van der Waals surface area (Å²) in [6, 6.07) is -0.282. The smallest absolute Gasteiger partial charge is 0.276 e. The van der Waals surface area contributed by atoms with Crippen LogP contribution in [0, 0.1) is 0 Å². The fourth-order valence-corrected chi connectivity index (χ4v) is 0.648. The molecule has 12 heavy (non-hydrogen) atoms. The molecule has 5 nitrogen and oxygen atoms in total. The second-order valence-electron chi connectivity index (χ2n) is 2.54. The van der Waals surface area contributed by atoms with Gasteiger partial charge < -0.3 is 10.4 Å². The van der Waals surface area contributed by atoms with Crippen molar-refractivity contribution in [1.82, 2.24) is 10.4 Å². The Hall–Kier alpha value is -0.650. The Morgan fingerprint density at radius 2 is 2.17 bits per heavy atom. The molecule has 0 aliphatic carbocycles. The van der Waals surface area contributed by atoms with Crippen molar-refractivity contribution < 1.29 is 14.7 Å². The van der Waals surface area contributed by atoms with Gasteiger partial charge in [-0.2, -0.15) is 0 Å². The molecule has 0 spiro atoms. The average molecular weight is 176 g/mol. The predicted molar refractivity (Wildman–Crippen MR) is 44.3 cm³/mol. The molecule has 0 heterocycles. The van der Waals surface area contributed by atoms with Crippen molar-refractivity contribution in [1.29, 1.82) is 0 Å². The summed E-state index contributed by atoms with van der Waals surface area (Å²) in [5.74, 6) is -0.459. The highest BCUT2D eigenvalue weighted by molar-refractivity contribution is 5.80. The van der Waals surface area contributed by atoms with E-state index in [4.69, 9.17) is 0 Å². The molecule has 0 fully saturated rings. The van der Waals surface area contributed by atoms with Crippen LogP contribution in [-0.4, -0.2) is 49.4 Å². The molecule has 2 N–H and O–H groups in total. The molecule has 5 heteroatoms. The molecule has 0 bridgehead atoms. The van der Waals surface area contributed by atoms with Gasteiger partial charge in [-0.1, -0.05) is 0 Å². The summed E-state index contributed by atoms with van der Waals surface area (Å²) < 4.78 is 0. The van der Waals surface area contributed by atoms with Crippen molar-refractivity contribution in [3.8, 4) is 0 Å². The van der Waals surface area contributed by atoms with Crippen LogP contribution in [0.1, 0.15) is 6.92 Å². The minimum atomic E-state index is -1.07. The van der Waals surface area contributed by atoms with Crippen molar-refractivity contribution >= 4 is 5.91 Å². The van der Waals surface area contributed by atoms with Crippen molar-refractivity contribution in [2.45, 2.75) is 19.1 Å². The first kappa shape index (κ1) is 11.4. The van der Waals surface area contributed by atoms with Gasteiger partial charge in [-0.05, 0) is 14.0 Å². The van der Waals surface area contributed by atoms with Gasteiger partial charge in [-0.15, -0.1) is 0 Å². The van der Waals surface area contributed by atoms with E-state index in [9.17, 15) is 9.90 Å². The fourth-order valence-electron chi connectivity index (χ4n) is 0.648. The van der Waals surface area contributed by atoms with Crippen LogP contribution in [-0.2, 0) is 9.63 Å². The number of carbonyl (C=O) groups is 1. The summed E-state index contributed by atoms with van der Waals surface area (Å²) in [4.78, 5) is 15.8. The second-order valence-corrected chi connectivity index (χ2v) is 2.54. The summed E-state index contributed by atoms with van der Waals surface area (Å²) in [6.07, 6.45) is -1.07. The van der Waals surface area contributed by atoms with E-state index in [1.165, 1.54) is 14.2 Å². The molecule has 0 aromatic rings. The molecule has 0 radical (unpaired) electrons. The van der Waals surface area contributed by atoms with E-state index >= 15 is 0 Å². The summed E-state index contributed by atoms with van der Waals surface area (Å²) in [6.45, 7) is 1.71. The number of likely N-dealkylation sites (N-methyl/N-ethyl adjacent to an activating group) is 2. The average Bonchev–Trinajstić information content (AvgIpc) is 2.12. The zero-order chi connectivity index (χ0) is 9.72. The molecule has 0 saturated heterocycles. The van der Waals surface area contributed by atoms with E-state index in [0.29, 0.717) is 0 Å². The van der Waals surface area contributed by atoms with Crippen molar-refractivity contribution in [3.05, 3.63) is 0 Å². The van der Waals surface area contributed by atoms with Crippen LogP contribution in [0.5, 0.6) is 0 Å². The molecule has 0 aromatic heterocycles. The number of aliphatic hydroxyl groups excluding tert-OH is 1. The van der Waals surface area contributed by atoms with Gasteiger partial charge in [0.2, 0.25) is 0 Å². The number of hydroxylamine groups is 2. The van der Waals surface area contributed by atoms with Crippen LogP contribution in [0.3, 0.4) is 0 Å². The van der Waals surface area contributed by atoms with Gasteiger partial charge in [0.05, 0.1) is 7.11 Å². The SMILES string of the molecule is CNC(C)C(O)C(=O)N(C)OC. The van der Waals surface area contributed by atoms with Crippen LogP contribution >= 0.6 is 0 Å². The molecule has 0 aromatic carbocycles. The summed E-state index contributed by atoms with van der Waals surface area (Å²) in [5.41, 5.74) is 0. The van der Waals surface area contributed by atoms with E-state index in [-0.39, 0.29) is 6.04 Å². The Balaban J connectivity index is 4.09. The van der Waals surface area contributed by atoms with Crippen LogP contribution in [0.25, 0.3) is 0 Å². The first-order valence-electron chi connectivity index (χ1n) is 3.71. The molecule has 0 aliphatic rings. The Labute approximate surface area is 72.3 Å². The molecule has 2 atom stereocenters. The van der Waals surface area contributed by atoms with Gasteiger partial charge in [-0.3, -0.25) is 9.63 Å². The predicted octanol–water partition coefficient (Wildman–Crippen LogP) is -1.02. The maximum absolute atomic E-state index is 11.2. The first-order chi connectivity index (χ1) is 5.54. The summed E-state index contributed by atoms with van der Waals surface area (Å²) in [5, 5.41) is 13.1. The Bertz CT molecular complexity index is 152. The Morgan fingerprint density at radius 3 is 2.50 bits per heavy atom. The lowest BCUT2D eigenvalue weighted by atomic mass is 10.2. The largest absolute Gasteiger partial charge is 0.382 e. The number of aliphatic hydroxyl groups is 1. The number of hydrogen-bond acceptors (Lipinski definition) is 4. The third kappa shape index (κ3) is 2.77. The standard InChI is InChI=1S/C7H16N2O3/c1-5(8-2)6(10)7(11)9(3)12-4/h5-6,8,10H,1-4H3. The van der Waals surface area contributed by atoms with Crippen molar-refractivity contribution in [2.75, 3.05) is 21.2 Å². The van der Waals surface area contributed by atoms with E-state index in [1.807, 2.05) is 0 Å². The molecular formula is C7H16N2O3. The van der Waals surface area contributed by atoms with E-state index in [0.717, 1.165) is 5.06 Å². The normalized spacial score (nSPS) is 15.4. The Morgan fingerprint density at radius 1 is 1.67 bits per heavy atom. The van der Waals surface area contributed by atoms with Gasteiger partial charge >= 0.3 is 0 Å². The molecule has 0 aliphatic heterocycles. The number of nitrogens with zero attached hydrogens (tertiary/aromatic N) is 1. The van der Waals surface area contributed by atoms with Gasteiger partial charge in [-0.25, -0.2) is 5.06 Å². The lowest BCUT2D eigenvalue weighted by molar-refractivity contribution is -0.179. The minimum Gasteiger partial charge on any atom is -0.382 e. The van der Waals surface area contributed by atoms with Gasteiger partial charge in [0, 0.05) is 13.1 Å². The molecule has 1 amide bonds. The van der Waals surface area contributed by atoms with Gasteiger partial charge in [0.1, 0.15) is 6.10 Å². The highest BCUT2D eigenvalue weighted by atomic mass is 16.7. The third-order valence-electron chi connectivity index (χ3n) is 1.77. The molecule has 72 valence electrons. The second kappa shape index (κ2) is 5.08. The van der Waals surface area contributed by atoms with E-state index < -0.39 is 12.0 Å². The number of hydrogen-bond donors (Lipinski definition) is 2. The maximum Gasteiger partial charge on any atom is 0.276 e. The topological polar surface area (TPSA) is 61.8 Å². The lowest BCUT2D eigenvalue weighted by Crippen LogP contribution is -2.46. The first-order valence-corrected chi connectivity index (χ1v) is 3.71. The molecule has 0 saturated carbocycles. The van der Waals surface area contributed by atoms with Gasteiger partial charge in [0.25, 0.3) is 5.91 Å². The maximum atomic E-state index is 11.2. The zero-order valence-electron chi connectivity index (χ0n) is 7.87. The molecular weight excluding hydrogens is 160 g/mol. The molecule has 2 unspecified atom stereocenters. The fraction of sp³-hybridized carbons (Fsp3) is 0.857. The monoisotopic (exact) mass is 176 g/mol. The third-order valence-corrected chi connectivity index (χ3v) is 1.77. The quantitative estimate of drug-likeness (QED) is 0.538. The number of nitrogens with one attached hydrogen (secondary N) is 1. The minimum absolute atomic E-state index is 0.282. The number of amides is 1. The number of carbonyl (C=O) groups excluding carboxylic acids is 1. The summed E-state index contributed by atoms with van der Waals surface area (Å²) in [7, 11) is 4.50. The highest BCUT2D eigenvalue weighted by Crippen LogP contribution is 1.97. The van der Waals surface area contributed by atoms with E-state index in [1.54, 1.807) is 14.0 Å². The summed E-state index contributed by atoms with van der Waals surface area (Å²) >= 11 is 0. The van der Waals surface area contributed by atoms with Crippen LogP contribution in [0.4, 0.5) is 0 Å². The highest BCUT2D eigenvalue weighted by Gasteiger charge is 2.24. The lowest BCUT2D eigenvalue weighted by Gasteiger charge is -2.21. The van der Waals surface area contributed by atoms with Crippen molar-refractivity contribution in [3.63, 3.8) is 0 Å². The van der Waals surface area contributed by atoms with Crippen LogP contribution in [0.2, 0.25) is 0 Å². The van der Waals surface area contributed by atoms with Gasteiger partial charge in [0.15, 0.2) is 0 Å². The molecule has 0 rings (SSSR count). The number of rotatable bonds is 4. The van der Waals surface area contributed by atoms with Crippen molar-refractivity contribution in [2.24, 2.45) is 0 Å². The van der Waals surface area contributed by atoms with E-state index in [2.05, 4.69) is 10.2 Å².